The van der Waals surface area contributed by atoms with Crippen LogP contribution in [0.3, 0.4) is 0 Å². The highest BCUT2D eigenvalue weighted by Gasteiger charge is 2.26. The molecule has 0 bridgehead atoms. The number of hydrogen-bond acceptors (Lipinski definition) is 4. The summed E-state index contributed by atoms with van der Waals surface area (Å²) in [7, 11) is 0. The topological polar surface area (TPSA) is 53.7 Å². The van der Waals surface area contributed by atoms with Gasteiger partial charge in [0.05, 0.1) is 6.10 Å². The Hall–Kier alpha value is -1.65. The van der Waals surface area contributed by atoms with Gasteiger partial charge in [0.1, 0.15) is 5.58 Å². The van der Waals surface area contributed by atoms with E-state index in [4.69, 9.17) is 4.42 Å². The van der Waals surface area contributed by atoms with Crippen LogP contribution in [0.25, 0.3) is 11.0 Å². The van der Waals surface area contributed by atoms with Crippen molar-refractivity contribution in [3.63, 3.8) is 0 Å². The van der Waals surface area contributed by atoms with Crippen molar-refractivity contribution in [3.05, 3.63) is 45.8 Å². The number of hydrogen-bond donors (Lipinski definition) is 1. The minimum atomic E-state index is -0.290. The maximum atomic E-state index is 11.8. The second kappa shape index (κ2) is 6.23. The first kappa shape index (κ1) is 15.3. The van der Waals surface area contributed by atoms with E-state index in [-0.39, 0.29) is 11.7 Å². The highest BCUT2D eigenvalue weighted by Crippen LogP contribution is 2.25. The van der Waals surface area contributed by atoms with Crippen molar-refractivity contribution in [2.45, 2.75) is 39.3 Å². The van der Waals surface area contributed by atoms with Crippen molar-refractivity contribution in [1.82, 2.24) is 4.90 Å². The van der Waals surface area contributed by atoms with E-state index in [1.54, 1.807) is 6.07 Å². The summed E-state index contributed by atoms with van der Waals surface area (Å²) < 4.78 is 5.35. The van der Waals surface area contributed by atoms with Crippen LogP contribution in [0.5, 0.6) is 0 Å². The first-order valence-electron chi connectivity index (χ1n) is 8.03. The fourth-order valence-electron chi connectivity index (χ4n) is 3.27. The average Bonchev–Trinajstić information content (AvgIpc) is 2.95. The second-order valence-electron chi connectivity index (χ2n) is 6.30. The molecule has 1 aliphatic rings. The smallest absolute Gasteiger partial charge is 0.336 e. The van der Waals surface area contributed by atoms with Crippen LogP contribution in [0.15, 0.2) is 33.5 Å². The molecule has 1 fully saturated rings. The van der Waals surface area contributed by atoms with E-state index in [0.29, 0.717) is 11.5 Å². The fraction of sp³-hybridized carbons (Fsp3) is 0.500. The molecule has 0 amide bonds. The zero-order valence-corrected chi connectivity index (χ0v) is 13.2. The molecule has 3 rings (SSSR count). The maximum Gasteiger partial charge on any atom is 0.336 e. The Morgan fingerprint density at radius 3 is 2.91 bits per heavy atom. The molecule has 118 valence electrons. The van der Waals surface area contributed by atoms with Crippen molar-refractivity contribution < 1.29 is 9.52 Å². The highest BCUT2D eigenvalue weighted by molar-refractivity contribution is 5.80. The lowest BCUT2D eigenvalue weighted by Crippen LogP contribution is -2.24. The van der Waals surface area contributed by atoms with Gasteiger partial charge in [-0.15, -0.1) is 0 Å². The van der Waals surface area contributed by atoms with Crippen LogP contribution >= 0.6 is 0 Å². The standard InChI is InChI=1S/C18H23NO3/c1-3-13-4-5-16-15(9-18(21)22-17(16)8-13)11-19-7-6-14(10-19)12(2)20/h4-5,8-9,12,14,20H,3,6-7,10-11H2,1-2H3. The van der Waals surface area contributed by atoms with Gasteiger partial charge in [0.2, 0.25) is 0 Å². The van der Waals surface area contributed by atoms with Crippen LogP contribution < -0.4 is 5.63 Å². The molecular weight excluding hydrogens is 278 g/mol. The van der Waals surface area contributed by atoms with Crippen molar-refractivity contribution in [2.75, 3.05) is 13.1 Å². The molecule has 0 aliphatic carbocycles. The van der Waals surface area contributed by atoms with E-state index in [1.807, 2.05) is 13.0 Å². The van der Waals surface area contributed by atoms with E-state index in [1.165, 1.54) is 5.56 Å². The van der Waals surface area contributed by atoms with Gasteiger partial charge >= 0.3 is 5.63 Å². The number of aryl methyl sites for hydroxylation is 1. The van der Waals surface area contributed by atoms with Gasteiger partial charge < -0.3 is 9.52 Å². The zero-order chi connectivity index (χ0) is 15.7. The molecule has 1 aliphatic heterocycles. The molecule has 22 heavy (non-hydrogen) atoms. The SMILES string of the molecule is CCc1ccc2c(CN3CCC(C(C)O)C3)cc(=O)oc2c1. The normalized spacial score (nSPS) is 20.6. The third-order valence-corrected chi connectivity index (χ3v) is 4.69. The van der Waals surface area contributed by atoms with Crippen LogP contribution in [0.2, 0.25) is 0 Å². The highest BCUT2D eigenvalue weighted by atomic mass is 16.4. The molecule has 2 unspecified atom stereocenters. The van der Waals surface area contributed by atoms with Gasteiger partial charge in [0, 0.05) is 24.5 Å². The maximum absolute atomic E-state index is 11.8. The minimum absolute atomic E-state index is 0.269. The Morgan fingerprint density at radius 2 is 2.23 bits per heavy atom. The predicted molar refractivity (Wildman–Crippen MR) is 86.9 cm³/mol. The van der Waals surface area contributed by atoms with Gasteiger partial charge in [0.15, 0.2) is 0 Å². The van der Waals surface area contributed by atoms with Crippen LogP contribution in [0.4, 0.5) is 0 Å². The third kappa shape index (κ3) is 3.08. The van der Waals surface area contributed by atoms with Gasteiger partial charge in [0.25, 0.3) is 0 Å². The zero-order valence-electron chi connectivity index (χ0n) is 13.2. The number of fused-ring (bicyclic) bond motifs is 1. The Morgan fingerprint density at radius 1 is 1.41 bits per heavy atom. The van der Waals surface area contributed by atoms with E-state index in [0.717, 1.165) is 43.4 Å². The van der Waals surface area contributed by atoms with Crippen molar-refractivity contribution in [1.29, 1.82) is 0 Å². The first-order chi connectivity index (χ1) is 10.6. The summed E-state index contributed by atoms with van der Waals surface area (Å²) >= 11 is 0. The molecule has 4 nitrogen and oxygen atoms in total. The predicted octanol–water partition coefficient (Wildman–Crippen LogP) is 2.56. The van der Waals surface area contributed by atoms with Gasteiger partial charge in [-0.2, -0.15) is 0 Å². The second-order valence-corrected chi connectivity index (χ2v) is 6.30. The molecule has 2 aromatic rings. The molecule has 0 saturated carbocycles. The van der Waals surface area contributed by atoms with Gasteiger partial charge in [-0.25, -0.2) is 4.79 Å². The largest absolute Gasteiger partial charge is 0.423 e. The van der Waals surface area contributed by atoms with Crippen LogP contribution in [0.1, 0.15) is 31.4 Å². The Bertz CT molecular complexity index is 720. The first-order valence-corrected chi connectivity index (χ1v) is 8.03. The van der Waals surface area contributed by atoms with E-state index in [2.05, 4.69) is 24.0 Å². The van der Waals surface area contributed by atoms with Gasteiger partial charge in [-0.1, -0.05) is 19.1 Å². The lowest BCUT2D eigenvalue weighted by atomic mass is 10.0. The van der Waals surface area contributed by atoms with E-state index in [9.17, 15) is 9.90 Å². The minimum Gasteiger partial charge on any atom is -0.423 e. The van der Waals surface area contributed by atoms with Crippen molar-refractivity contribution in [3.8, 4) is 0 Å². The summed E-state index contributed by atoms with van der Waals surface area (Å²) in [5.41, 5.74) is 2.57. The van der Waals surface area contributed by atoms with Crippen LogP contribution in [-0.4, -0.2) is 29.2 Å². The van der Waals surface area contributed by atoms with Crippen molar-refractivity contribution >= 4 is 11.0 Å². The molecule has 4 heteroatoms. The molecule has 2 atom stereocenters. The molecule has 0 spiro atoms. The lowest BCUT2D eigenvalue weighted by Gasteiger charge is -2.18. The number of nitrogens with zero attached hydrogens (tertiary/aromatic N) is 1. The summed E-state index contributed by atoms with van der Waals surface area (Å²) in [5, 5.41) is 10.7. The molecule has 1 aromatic heterocycles. The summed E-state index contributed by atoms with van der Waals surface area (Å²) in [6.07, 6.45) is 1.66. The van der Waals surface area contributed by atoms with E-state index < -0.39 is 0 Å². The molecule has 0 radical (unpaired) electrons. The molecule has 1 saturated heterocycles. The number of benzene rings is 1. The molecule has 2 heterocycles. The molecular formula is C18H23NO3. The summed E-state index contributed by atoms with van der Waals surface area (Å²) in [6, 6.07) is 7.70. The number of rotatable bonds is 4. The average molecular weight is 301 g/mol. The molecule has 1 N–H and O–H groups in total. The summed E-state index contributed by atoms with van der Waals surface area (Å²) in [5.74, 6) is 0.332. The number of likely N-dealkylation sites (tertiary alicyclic amines) is 1. The van der Waals surface area contributed by atoms with Crippen LogP contribution in [-0.2, 0) is 13.0 Å². The monoisotopic (exact) mass is 301 g/mol. The van der Waals surface area contributed by atoms with E-state index >= 15 is 0 Å². The third-order valence-electron chi connectivity index (χ3n) is 4.69. The molecule has 1 aromatic carbocycles. The van der Waals surface area contributed by atoms with Gasteiger partial charge in [-0.05, 0) is 49.4 Å². The summed E-state index contributed by atoms with van der Waals surface area (Å²) in [6.45, 7) is 6.52. The number of aliphatic hydroxyl groups is 1. The van der Waals surface area contributed by atoms with Crippen molar-refractivity contribution in [2.24, 2.45) is 5.92 Å². The fourth-order valence-corrected chi connectivity index (χ4v) is 3.27. The Labute approximate surface area is 130 Å². The van der Waals surface area contributed by atoms with Gasteiger partial charge in [-0.3, -0.25) is 4.90 Å². The quantitative estimate of drug-likeness (QED) is 0.882. The Balaban J connectivity index is 1.89. The van der Waals surface area contributed by atoms with Crippen LogP contribution in [0, 0.1) is 5.92 Å². The Kier molecular flexibility index (Phi) is 4.32. The summed E-state index contributed by atoms with van der Waals surface area (Å²) in [4.78, 5) is 14.1. The lowest BCUT2D eigenvalue weighted by molar-refractivity contribution is 0.127. The number of aliphatic hydroxyl groups excluding tert-OH is 1.